The summed E-state index contributed by atoms with van der Waals surface area (Å²) in [5.74, 6) is 0. The molecule has 8 aromatic carbocycles. The Morgan fingerprint density at radius 2 is 1.17 bits per heavy atom. The molecule has 1 unspecified atom stereocenters. The highest BCUT2D eigenvalue weighted by atomic mass is 16.3. The number of anilines is 1. The van der Waals surface area contributed by atoms with Crippen molar-refractivity contribution in [2.45, 2.75) is 6.29 Å². The first-order chi connectivity index (χ1) is 25.8. The molecule has 0 radical (unpaired) electrons. The first-order valence-corrected chi connectivity index (χ1v) is 17.7. The minimum Gasteiger partial charge on any atom is -0.455 e. The lowest BCUT2D eigenvalue weighted by atomic mass is 9.94. The van der Waals surface area contributed by atoms with Gasteiger partial charge in [0.25, 0.3) is 0 Å². The van der Waals surface area contributed by atoms with Crippen LogP contribution in [0.1, 0.15) is 17.4 Å². The first-order valence-electron chi connectivity index (χ1n) is 17.7. The van der Waals surface area contributed by atoms with Gasteiger partial charge in [-0.15, -0.1) is 0 Å². The van der Waals surface area contributed by atoms with Gasteiger partial charge in [0.15, 0.2) is 0 Å². The van der Waals surface area contributed by atoms with Gasteiger partial charge in [0.1, 0.15) is 11.2 Å². The monoisotopic (exact) mass is 665 g/mol. The van der Waals surface area contributed by atoms with Crippen molar-refractivity contribution in [2.24, 2.45) is 4.99 Å². The Hall–Kier alpha value is -6.91. The summed E-state index contributed by atoms with van der Waals surface area (Å²) in [5.41, 5.74) is 12.9. The van der Waals surface area contributed by atoms with Crippen molar-refractivity contribution >= 4 is 65.9 Å². The number of nitrogens with zero attached hydrogens (tertiary/aromatic N) is 2. The Labute approximate surface area is 299 Å². The molecule has 2 aromatic heterocycles. The standard InChI is InChI=1S/C48H31N3O/c1-2-11-30(12-3-1)34-25-26-40-43(29-34)51(42-28-27-38-37-16-7-9-20-44(37)52-47(38)45(40)42)48-49-41-19-8-6-17-39(41)46(50-48)33-23-21-32(22-24-33)36-18-10-14-31-13-4-5-15-35(31)36/h1-29,48-49H. The molecule has 0 amide bonds. The number of hydrogen-bond donors (Lipinski definition) is 1. The van der Waals surface area contributed by atoms with Gasteiger partial charge >= 0.3 is 0 Å². The van der Waals surface area contributed by atoms with Crippen LogP contribution in [-0.2, 0) is 0 Å². The Balaban J connectivity index is 1.13. The largest absolute Gasteiger partial charge is 0.455 e. The predicted octanol–water partition coefficient (Wildman–Crippen LogP) is 12.6. The number of aliphatic imine (C=N–C) groups is 1. The zero-order chi connectivity index (χ0) is 34.2. The van der Waals surface area contributed by atoms with E-state index in [1.165, 1.54) is 27.5 Å². The molecule has 0 saturated carbocycles. The van der Waals surface area contributed by atoms with Crippen LogP contribution in [0.5, 0.6) is 0 Å². The Morgan fingerprint density at radius 1 is 0.481 bits per heavy atom. The molecule has 4 heteroatoms. The average Bonchev–Trinajstić information content (AvgIpc) is 3.76. The van der Waals surface area contributed by atoms with Crippen molar-refractivity contribution < 1.29 is 4.42 Å². The summed E-state index contributed by atoms with van der Waals surface area (Å²) in [6.45, 7) is 0. The summed E-state index contributed by atoms with van der Waals surface area (Å²) in [6.07, 6.45) is -0.407. The number of nitrogens with one attached hydrogen (secondary N) is 1. The third-order valence-corrected chi connectivity index (χ3v) is 10.6. The molecule has 0 spiro atoms. The van der Waals surface area contributed by atoms with Gasteiger partial charge in [-0.25, -0.2) is 4.99 Å². The van der Waals surface area contributed by atoms with Crippen LogP contribution in [-0.4, -0.2) is 10.3 Å². The fraction of sp³-hybridized carbons (Fsp3) is 0.0208. The van der Waals surface area contributed by atoms with E-state index in [0.717, 1.165) is 71.8 Å². The number of benzene rings is 8. The summed E-state index contributed by atoms with van der Waals surface area (Å²) in [5, 5.41) is 10.8. The lowest BCUT2D eigenvalue weighted by Gasteiger charge is -2.28. The van der Waals surface area contributed by atoms with Crippen LogP contribution in [0, 0.1) is 0 Å². The topological polar surface area (TPSA) is 42.5 Å². The number of hydrogen-bond acceptors (Lipinski definition) is 3. The van der Waals surface area contributed by atoms with Crippen LogP contribution in [0.15, 0.2) is 185 Å². The molecule has 52 heavy (non-hydrogen) atoms. The van der Waals surface area contributed by atoms with Crippen LogP contribution in [0.4, 0.5) is 5.69 Å². The molecule has 1 atom stereocenters. The molecule has 0 fully saturated rings. The van der Waals surface area contributed by atoms with Gasteiger partial charge in [-0.05, 0) is 63.4 Å². The van der Waals surface area contributed by atoms with Gasteiger partial charge in [0.05, 0.1) is 22.1 Å². The molecular weight excluding hydrogens is 635 g/mol. The molecule has 1 aliphatic heterocycles. The lowest BCUT2D eigenvalue weighted by Crippen LogP contribution is -2.24. The second-order valence-electron chi connectivity index (χ2n) is 13.5. The van der Waals surface area contributed by atoms with E-state index >= 15 is 0 Å². The van der Waals surface area contributed by atoms with Crippen LogP contribution in [0.25, 0.3) is 76.8 Å². The predicted molar refractivity (Wildman–Crippen MR) is 216 cm³/mol. The summed E-state index contributed by atoms with van der Waals surface area (Å²) >= 11 is 0. The summed E-state index contributed by atoms with van der Waals surface area (Å²) in [6, 6.07) is 62.5. The van der Waals surface area contributed by atoms with E-state index in [1.54, 1.807) is 0 Å². The van der Waals surface area contributed by atoms with E-state index in [2.05, 4.69) is 180 Å². The second kappa shape index (κ2) is 11.3. The quantitative estimate of drug-likeness (QED) is 0.203. The van der Waals surface area contributed by atoms with Crippen LogP contribution in [0.3, 0.4) is 0 Å². The third-order valence-electron chi connectivity index (χ3n) is 10.6. The maximum atomic E-state index is 6.64. The molecule has 1 N–H and O–H groups in total. The van der Waals surface area contributed by atoms with Crippen molar-refractivity contribution in [3.63, 3.8) is 0 Å². The summed E-state index contributed by atoms with van der Waals surface area (Å²) < 4.78 is 8.99. The Bertz CT molecular complexity index is 3040. The van der Waals surface area contributed by atoms with Gasteiger partial charge in [0.2, 0.25) is 6.29 Å². The fourth-order valence-electron chi connectivity index (χ4n) is 8.20. The minimum atomic E-state index is -0.407. The zero-order valence-corrected chi connectivity index (χ0v) is 28.1. The average molecular weight is 666 g/mol. The maximum absolute atomic E-state index is 6.64. The van der Waals surface area contributed by atoms with E-state index in [1.807, 2.05) is 6.07 Å². The molecule has 244 valence electrons. The van der Waals surface area contributed by atoms with E-state index in [0.29, 0.717) is 0 Å². The fourth-order valence-corrected chi connectivity index (χ4v) is 8.20. The van der Waals surface area contributed by atoms with E-state index in [4.69, 9.17) is 9.41 Å². The van der Waals surface area contributed by atoms with E-state index < -0.39 is 6.29 Å². The van der Waals surface area contributed by atoms with Crippen molar-refractivity contribution in [3.8, 4) is 22.3 Å². The van der Waals surface area contributed by atoms with Crippen LogP contribution in [0.2, 0.25) is 0 Å². The van der Waals surface area contributed by atoms with Gasteiger partial charge in [-0.2, -0.15) is 0 Å². The lowest BCUT2D eigenvalue weighted by molar-refractivity contribution is 0.624. The van der Waals surface area contributed by atoms with Gasteiger partial charge in [-0.1, -0.05) is 146 Å². The number of furan rings is 1. The highest BCUT2D eigenvalue weighted by Crippen LogP contribution is 2.43. The van der Waals surface area contributed by atoms with Crippen LogP contribution < -0.4 is 5.32 Å². The maximum Gasteiger partial charge on any atom is 0.201 e. The SMILES string of the molecule is c1ccc(-c2ccc3c4c5oc6ccccc6c5ccc4n(C4N=C(c5ccc(-c6cccc7ccccc67)cc5)c5ccccc5N4)c3c2)cc1. The molecule has 1 aliphatic rings. The Morgan fingerprint density at radius 3 is 2.08 bits per heavy atom. The number of fused-ring (bicyclic) bond motifs is 9. The summed E-state index contributed by atoms with van der Waals surface area (Å²) in [4.78, 5) is 5.55. The molecule has 4 nitrogen and oxygen atoms in total. The van der Waals surface area contributed by atoms with Crippen molar-refractivity contribution in [1.82, 2.24) is 4.57 Å². The normalized spacial score (nSPS) is 14.2. The van der Waals surface area contributed by atoms with Gasteiger partial charge in [-0.3, -0.25) is 0 Å². The highest BCUT2D eigenvalue weighted by Gasteiger charge is 2.27. The number of rotatable bonds is 4. The van der Waals surface area contributed by atoms with Crippen LogP contribution >= 0.6 is 0 Å². The summed E-state index contributed by atoms with van der Waals surface area (Å²) in [7, 11) is 0. The van der Waals surface area contributed by atoms with Gasteiger partial charge in [0, 0.05) is 33.0 Å². The first kappa shape index (κ1) is 28.9. The molecule has 0 aliphatic carbocycles. The molecule has 10 aromatic rings. The molecule has 3 heterocycles. The highest BCUT2D eigenvalue weighted by molar-refractivity contribution is 6.24. The number of aromatic nitrogens is 1. The van der Waals surface area contributed by atoms with Crippen molar-refractivity contribution in [2.75, 3.05) is 5.32 Å². The molecule has 0 saturated heterocycles. The minimum absolute atomic E-state index is 0.407. The zero-order valence-electron chi connectivity index (χ0n) is 28.1. The van der Waals surface area contributed by atoms with Crippen molar-refractivity contribution in [1.29, 1.82) is 0 Å². The van der Waals surface area contributed by atoms with E-state index in [9.17, 15) is 0 Å². The second-order valence-corrected chi connectivity index (χ2v) is 13.5. The smallest absolute Gasteiger partial charge is 0.201 e. The van der Waals surface area contributed by atoms with E-state index in [-0.39, 0.29) is 0 Å². The van der Waals surface area contributed by atoms with Crippen molar-refractivity contribution in [3.05, 3.63) is 187 Å². The number of para-hydroxylation sites is 2. The van der Waals surface area contributed by atoms with Gasteiger partial charge < -0.3 is 14.3 Å². The molecule has 11 rings (SSSR count). The molecular formula is C48H31N3O. The molecule has 0 bridgehead atoms. The third kappa shape index (κ3) is 4.38. The Kier molecular flexibility index (Phi) is 6.28.